The molecule has 6 heteroatoms. The fraction of sp³-hybridized carbons (Fsp3) is 0.625. The number of amides is 2. The number of carbonyl (C=O) groups excluding carboxylic acids is 3. The minimum atomic E-state index is -0.806. The van der Waals surface area contributed by atoms with Crippen LogP contribution in [-0.2, 0) is 14.3 Å². The van der Waals surface area contributed by atoms with Gasteiger partial charge in [-0.25, -0.2) is 4.79 Å². The first kappa shape index (κ1) is 22.3. The van der Waals surface area contributed by atoms with Gasteiger partial charge in [-0.2, -0.15) is 0 Å². The summed E-state index contributed by atoms with van der Waals surface area (Å²) in [5, 5.41) is 2.74. The van der Waals surface area contributed by atoms with Crippen molar-refractivity contribution >= 4 is 17.8 Å². The van der Waals surface area contributed by atoms with Gasteiger partial charge in [0.1, 0.15) is 6.04 Å². The Morgan fingerprint density at radius 3 is 2.43 bits per heavy atom. The highest BCUT2D eigenvalue weighted by Crippen LogP contribution is 2.52. The average molecular weight is 415 g/mol. The second-order valence-electron chi connectivity index (χ2n) is 10.4. The van der Waals surface area contributed by atoms with E-state index < -0.39 is 12.0 Å². The van der Waals surface area contributed by atoms with E-state index in [1.165, 1.54) is 0 Å². The van der Waals surface area contributed by atoms with Crippen molar-refractivity contribution in [1.82, 2.24) is 10.2 Å². The molecule has 2 aliphatic rings. The van der Waals surface area contributed by atoms with E-state index in [2.05, 4.69) is 26.1 Å². The Morgan fingerprint density at radius 2 is 1.80 bits per heavy atom. The molecule has 3 atom stereocenters. The number of hydrogen-bond acceptors (Lipinski definition) is 4. The van der Waals surface area contributed by atoms with Crippen molar-refractivity contribution < 1.29 is 19.1 Å². The molecule has 30 heavy (non-hydrogen) atoms. The fourth-order valence-corrected chi connectivity index (χ4v) is 5.37. The molecule has 1 N–H and O–H groups in total. The lowest BCUT2D eigenvalue weighted by Gasteiger charge is -2.39. The topological polar surface area (TPSA) is 75.7 Å². The predicted octanol–water partition coefficient (Wildman–Crippen LogP) is 3.41. The number of esters is 1. The molecule has 6 nitrogen and oxygen atoms in total. The Balaban J connectivity index is 1.58. The molecule has 2 bridgehead atoms. The Labute approximate surface area is 179 Å². The molecule has 2 amide bonds. The number of ether oxygens (including phenoxy) is 1. The maximum absolute atomic E-state index is 12.8. The molecule has 1 aromatic carbocycles. The predicted molar refractivity (Wildman–Crippen MR) is 115 cm³/mol. The van der Waals surface area contributed by atoms with Crippen LogP contribution in [0.5, 0.6) is 0 Å². The molecule has 2 unspecified atom stereocenters. The van der Waals surface area contributed by atoms with Crippen molar-refractivity contribution in [3.63, 3.8) is 0 Å². The first-order valence-corrected chi connectivity index (χ1v) is 10.8. The Kier molecular flexibility index (Phi) is 6.25. The molecule has 0 aromatic heterocycles. The number of nitrogens with zero attached hydrogens (tertiary/aromatic N) is 1. The van der Waals surface area contributed by atoms with Gasteiger partial charge in [-0.3, -0.25) is 9.59 Å². The highest BCUT2D eigenvalue weighted by molar-refractivity contribution is 5.97. The van der Waals surface area contributed by atoms with E-state index in [1.54, 1.807) is 24.3 Å². The first-order chi connectivity index (χ1) is 14.0. The number of benzene rings is 1. The molecule has 0 spiro atoms. The molecule has 1 saturated carbocycles. The number of rotatable bonds is 6. The van der Waals surface area contributed by atoms with Crippen LogP contribution in [0.15, 0.2) is 30.3 Å². The lowest BCUT2D eigenvalue weighted by molar-refractivity contribution is -0.154. The monoisotopic (exact) mass is 414 g/mol. The van der Waals surface area contributed by atoms with Crippen LogP contribution in [0.3, 0.4) is 0 Å². The lowest BCUT2D eigenvalue weighted by atomic mass is 9.65. The van der Waals surface area contributed by atoms with Crippen molar-refractivity contribution in [1.29, 1.82) is 0 Å². The molecule has 1 heterocycles. The maximum atomic E-state index is 12.8. The summed E-state index contributed by atoms with van der Waals surface area (Å²) in [6.45, 7) is 10.9. The van der Waals surface area contributed by atoms with Crippen LogP contribution in [0.2, 0.25) is 0 Å². The van der Waals surface area contributed by atoms with Gasteiger partial charge in [-0.05, 0) is 48.1 Å². The van der Waals surface area contributed by atoms with Crippen molar-refractivity contribution in [2.75, 3.05) is 13.2 Å². The summed E-state index contributed by atoms with van der Waals surface area (Å²) in [6, 6.07) is 8.15. The van der Waals surface area contributed by atoms with E-state index in [-0.39, 0.29) is 41.2 Å². The third-order valence-corrected chi connectivity index (χ3v) is 6.32. The number of likely N-dealkylation sites (tertiary alicyclic amines) is 1. The SMILES string of the molecule is CC(C)[C@H](NC(=O)c1ccccc1)C(=O)OCC(=O)N1CC2(C)CC1CC(C)(C)C2. The molecule has 3 rings (SSSR count). The Morgan fingerprint density at radius 1 is 1.13 bits per heavy atom. The summed E-state index contributed by atoms with van der Waals surface area (Å²) in [7, 11) is 0. The first-order valence-electron chi connectivity index (χ1n) is 10.8. The van der Waals surface area contributed by atoms with E-state index in [0.29, 0.717) is 5.56 Å². The lowest BCUT2D eigenvalue weighted by Crippen LogP contribution is -2.46. The van der Waals surface area contributed by atoms with Crippen molar-refractivity contribution in [2.45, 2.75) is 66.0 Å². The van der Waals surface area contributed by atoms with Crippen LogP contribution < -0.4 is 5.32 Å². The average Bonchev–Trinajstić information content (AvgIpc) is 2.92. The number of hydrogen-bond donors (Lipinski definition) is 1. The van der Waals surface area contributed by atoms with Gasteiger partial charge in [0.05, 0.1) is 0 Å². The van der Waals surface area contributed by atoms with Crippen LogP contribution in [0.4, 0.5) is 0 Å². The zero-order valence-electron chi connectivity index (χ0n) is 18.7. The van der Waals surface area contributed by atoms with Gasteiger partial charge in [-0.1, -0.05) is 52.8 Å². The van der Waals surface area contributed by atoms with Gasteiger partial charge in [0.25, 0.3) is 11.8 Å². The van der Waals surface area contributed by atoms with E-state index in [4.69, 9.17) is 4.74 Å². The van der Waals surface area contributed by atoms with Crippen molar-refractivity contribution in [2.24, 2.45) is 16.7 Å². The summed E-state index contributed by atoms with van der Waals surface area (Å²) < 4.78 is 5.36. The van der Waals surface area contributed by atoms with Gasteiger partial charge >= 0.3 is 5.97 Å². The van der Waals surface area contributed by atoms with E-state index in [9.17, 15) is 14.4 Å². The van der Waals surface area contributed by atoms with Crippen LogP contribution in [-0.4, -0.2) is 47.9 Å². The molecule has 1 saturated heterocycles. The van der Waals surface area contributed by atoms with Gasteiger partial charge in [0, 0.05) is 18.2 Å². The van der Waals surface area contributed by atoms with Crippen LogP contribution in [0, 0.1) is 16.7 Å². The number of fused-ring (bicyclic) bond motifs is 2. The zero-order valence-corrected chi connectivity index (χ0v) is 18.7. The minimum absolute atomic E-state index is 0.135. The second kappa shape index (κ2) is 8.40. The largest absolute Gasteiger partial charge is 0.454 e. The van der Waals surface area contributed by atoms with Gasteiger partial charge < -0.3 is 15.0 Å². The summed E-state index contributed by atoms with van der Waals surface area (Å²) in [5.74, 6) is -1.21. The van der Waals surface area contributed by atoms with Crippen LogP contribution >= 0.6 is 0 Å². The van der Waals surface area contributed by atoms with E-state index >= 15 is 0 Å². The highest BCUT2D eigenvalue weighted by Gasteiger charge is 2.51. The maximum Gasteiger partial charge on any atom is 0.329 e. The van der Waals surface area contributed by atoms with Gasteiger partial charge in [0.15, 0.2) is 6.61 Å². The van der Waals surface area contributed by atoms with Gasteiger partial charge in [0.2, 0.25) is 0 Å². The molecule has 1 aliphatic carbocycles. The quantitative estimate of drug-likeness (QED) is 0.724. The van der Waals surface area contributed by atoms with E-state index in [0.717, 1.165) is 25.8 Å². The fourth-order valence-electron chi connectivity index (χ4n) is 5.37. The van der Waals surface area contributed by atoms with E-state index in [1.807, 2.05) is 24.8 Å². The number of carbonyl (C=O) groups is 3. The molecule has 2 fully saturated rings. The molecule has 0 radical (unpaired) electrons. The summed E-state index contributed by atoms with van der Waals surface area (Å²) in [5.41, 5.74) is 0.830. The Hall–Kier alpha value is -2.37. The second-order valence-corrected chi connectivity index (χ2v) is 10.4. The smallest absolute Gasteiger partial charge is 0.329 e. The molecule has 1 aliphatic heterocycles. The zero-order chi connectivity index (χ0) is 22.1. The minimum Gasteiger partial charge on any atom is -0.454 e. The van der Waals surface area contributed by atoms with Gasteiger partial charge in [-0.15, -0.1) is 0 Å². The highest BCUT2D eigenvalue weighted by atomic mass is 16.5. The molecule has 1 aromatic rings. The van der Waals surface area contributed by atoms with Crippen LogP contribution in [0.1, 0.15) is 64.2 Å². The third-order valence-electron chi connectivity index (χ3n) is 6.32. The summed E-state index contributed by atoms with van der Waals surface area (Å²) >= 11 is 0. The standard InChI is InChI=1S/C24H34N2O4/c1-16(2)20(25-21(28)17-9-7-6-8-10-17)22(29)30-13-19(27)26-15-24(5)12-18(26)11-23(3,4)14-24/h6-10,16,18,20H,11-15H2,1-5H3,(H,25,28)/t18?,20-,24?/m0/s1. The van der Waals surface area contributed by atoms with Crippen molar-refractivity contribution in [3.8, 4) is 0 Å². The molecule has 164 valence electrons. The summed E-state index contributed by atoms with van der Waals surface area (Å²) in [4.78, 5) is 39.8. The van der Waals surface area contributed by atoms with Crippen LogP contribution in [0.25, 0.3) is 0 Å². The molecular weight excluding hydrogens is 380 g/mol. The molecular formula is C24H34N2O4. The van der Waals surface area contributed by atoms with Crippen molar-refractivity contribution in [3.05, 3.63) is 35.9 Å². The Bertz CT molecular complexity index is 805. The number of nitrogens with one attached hydrogen (secondary N) is 1. The third kappa shape index (κ3) is 5.02. The summed E-state index contributed by atoms with van der Waals surface area (Å²) in [6.07, 6.45) is 3.09. The normalized spacial score (nSPS) is 25.7.